The normalized spacial score (nSPS) is 17.8. The average Bonchev–Trinajstić information content (AvgIpc) is 2.85. The molecule has 0 aromatic rings. The smallest absolute Gasteiger partial charge is 0.332 e. The minimum Gasteiger partial charge on any atom is -0.478 e. The lowest BCUT2D eigenvalue weighted by Gasteiger charge is -2.14. The molecule has 0 saturated heterocycles. The van der Waals surface area contributed by atoms with Gasteiger partial charge in [-0.1, -0.05) is 19.9 Å². The highest BCUT2D eigenvalue weighted by atomic mass is 16.4. The van der Waals surface area contributed by atoms with Crippen LogP contribution in [0.3, 0.4) is 0 Å². The van der Waals surface area contributed by atoms with E-state index in [-0.39, 0.29) is 5.57 Å². The topological polar surface area (TPSA) is 49.3 Å². The zero-order valence-electron chi connectivity index (χ0n) is 8.81. The number of nitrogens with one attached hydrogen (secondary N) is 1. The van der Waals surface area contributed by atoms with Gasteiger partial charge in [-0.15, -0.1) is 0 Å². The van der Waals surface area contributed by atoms with Crippen molar-refractivity contribution in [3.8, 4) is 0 Å². The van der Waals surface area contributed by atoms with Crippen LogP contribution < -0.4 is 5.32 Å². The highest BCUT2D eigenvalue weighted by Gasteiger charge is 2.40. The molecule has 2 N–H and O–H groups in total. The molecule has 1 fully saturated rings. The highest BCUT2D eigenvalue weighted by Crippen LogP contribution is 2.48. The van der Waals surface area contributed by atoms with Gasteiger partial charge >= 0.3 is 5.97 Å². The lowest BCUT2D eigenvalue weighted by atomic mass is 10.0. The second-order valence-electron chi connectivity index (χ2n) is 4.26. The molecule has 0 atom stereocenters. The van der Waals surface area contributed by atoms with Crippen LogP contribution in [0, 0.1) is 5.41 Å². The average molecular weight is 197 g/mol. The molecule has 3 nitrogen and oxygen atoms in total. The number of aliphatic carboxylic acids is 1. The zero-order valence-corrected chi connectivity index (χ0v) is 8.81. The molecule has 1 aliphatic rings. The van der Waals surface area contributed by atoms with E-state index in [4.69, 9.17) is 5.11 Å². The third-order valence-corrected chi connectivity index (χ3v) is 2.88. The van der Waals surface area contributed by atoms with Gasteiger partial charge < -0.3 is 10.4 Å². The Bertz CT molecular complexity index is 231. The van der Waals surface area contributed by atoms with Gasteiger partial charge in [0.2, 0.25) is 0 Å². The molecule has 3 heteroatoms. The Morgan fingerprint density at radius 2 is 2.21 bits per heavy atom. The van der Waals surface area contributed by atoms with Crippen molar-refractivity contribution in [2.45, 2.75) is 32.6 Å². The summed E-state index contributed by atoms with van der Waals surface area (Å²) in [5, 5.41) is 11.8. The Labute approximate surface area is 85.2 Å². The number of carboxylic acids is 1. The molecule has 80 valence electrons. The van der Waals surface area contributed by atoms with E-state index in [9.17, 15) is 4.79 Å². The van der Waals surface area contributed by atoms with Crippen LogP contribution >= 0.6 is 0 Å². The Balaban J connectivity index is 2.15. The van der Waals surface area contributed by atoms with E-state index >= 15 is 0 Å². The summed E-state index contributed by atoms with van der Waals surface area (Å²) in [7, 11) is 0. The summed E-state index contributed by atoms with van der Waals surface area (Å²) in [6, 6.07) is 0. The predicted molar refractivity (Wildman–Crippen MR) is 56.2 cm³/mol. The molecule has 1 aliphatic carbocycles. The quantitative estimate of drug-likeness (QED) is 0.612. The van der Waals surface area contributed by atoms with E-state index in [2.05, 4.69) is 18.8 Å². The summed E-state index contributed by atoms with van der Waals surface area (Å²) < 4.78 is 0. The van der Waals surface area contributed by atoms with E-state index in [0.29, 0.717) is 12.0 Å². The maximum Gasteiger partial charge on any atom is 0.332 e. The molecular weight excluding hydrogens is 178 g/mol. The molecule has 1 saturated carbocycles. The molecular formula is C11H19NO2. The zero-order chi connectivity index (χ0) is 10.6. The van der Waals surface area contributed by atoms with Gasteiger partial charge in [-0.25, -0.2) is 4.79 Å². The fraction of sp³-hybridized carbons (Fsp3) is 0.727. The summed E-state index contributed by atoms with van der Waals surface area (Å²) in [5.74, 6) is -0.905. The minimum absolute atomic E-state index is 0.247. The third-order valence-electron chi connectivity index (χ3n) is 2.88. The highest BCUT2D eigenvalue weighted by molar-refractivity contribution is 5.86. The predicted octanol–water partition coefficient (Wildman–Crippen LogP) is 1.80. The SMILES string of the molecule is C=C(CNCC1(CCC)CC1)C(=O)O. The maximum absolute atomic E-state index is 10.5. The molecule has 0 aromatic carbocycles. The van der Waals surface area contributed by atoms with Crippen molar-refractivity contribution in [3.63, 3.8) is 0 Å². The molecule has 0 aliphatic heterocycles. The molecule has 1 rings (SSSR count). The Morgan fingerprint density at radius 1 is 1.57 bits per heavy atom. The van der Waals surface area contributed by atoms with Crippen LogP contribution in [0.25, 0.3) is 0 Å². The Hall–Kier alpha value is -0.830. The lowest BCUT2D eigenvalue weighted by Crippen LogP contribution is -2.27. The first-order chi connectivity index (χ1) is 6.59. The van der Waals surface area contributed by atoms with Crippen molar-refractivity contribution in [1.82, 2.24) is 5.32 Å². The molecule has 0 amide bonds. The molecule has 0 aromatic heterocycles. The third kappa shape index (κ3) is 3.14. The summed E-state index contributed by atoms with van der Waals surface area (Å²) in [6.45, 7) is 7.01. The van der Waals surface area contributed by atoms with E-state index in [1.54, 1.807) is 0 Å². The lowest BCUT2D eigenvalue weighted by molar-refractivity contribution is -0.132. The monoisotopic (exact) mass is 197 g/mol. The van der Waals surface area contributed by atoms with E-state index in [1.165, 1.54) is 25.7 Å². The number of carboxylic acid groups (broad SMARTS) is 1. The van der Waals surface area contributed by atoms with Crippen LogP contribution in [-0.4, -0.2) is 24.2 Å². The second kappa shape index (κ2) is 4.60. The summed E-state index contributed by atoms with van der Waals surface area (Å²) >= 11 is 0. The van der Waals surface area contributed by atoms with Gasteiger partial charge in [0.05, 0.1) is 0 Å². The van der Waals surface area contributed by atoms with Crippen molar-refractivity contribution in [2.24, 2.45) is 5.41 Å². The molecule has 14 heavy (non-hydrogen) atoms. The van der Waals surface area contributed by atoms with E-state index in [1.807, 2.05) is 0 Å². The second-order valence-corrected chi connectivity index (χ2v) is 4.26. The Morgan fingerprint density at radius 3 is 2.64 bits per heavy atom. The van der Waals surface area contributed by atoms with Crippen molar-refractivity contribution in [3.05, 3.63) is 12.2 Å². The van der Waals surface area contributed by atoms with Crippen molar-refractivity contribution < 1.29 is 9.90 Å². The van der Waals surface area contributed by atoms with Gasteiger partial charge in [0.1, 0.15) is 0 Å². The van der Waals surface area contributed by atoms with Crippen molar-refractivity contribution >= 4 is 5.97 Å². The standard InChI is InChI=1S/C11H19NO2/c1-3-4-11(5-6-11)8-12-7-9(2)10(13)14/h12H,2-8H2,1H3,(H,13,14). The molecule has 0 radical (unpaired) electrons. The van der Waals surface area contributed by atoms with Crippen LogP contribution in [0.1, 0.15) is 32.6 Å². The van der Waals surface area contributed by atoms with Gasteiger partial charge in [0.15, 0.2) is 0 Å². The number of rotatable bonds is 7. The number of hydrogen-bond acceptors (Lipinski definition) is 2. The summed E-state index contributed by atoms with van der Waals surface area (Å²) in [6.07, 6.45) is 5.03. The van der Waals surface area contributed by atoms with E-state index < -0.39 is 5.97 Å². The molecule has 0 spiro atoms. The maximum atomic E-state index is 10.5. The van der Waals surface area contributed by atoms with Crippen LogP contribution in [0.4, 0.5) is 0 Å². The van der Waals surface area contributed by atoms with Gasteiger partial charge in [0, 0.05) is 18.7 Å². The molecule has 0 unspecified atom stereocenters. The number of carbonyl (C=O) groups is 1. The fourth-order valence-corrected chi connectivity index (χ4v) is 1.78. The Kier molecular flexibility index (Phi) is 3.69. The van der Waals surface area contributed by atoms with Gasteiger partial charge in [-0.2, -0.15) is 0 Å². The van der Waals surface area contributed by atoms with E-state index in [0.717, 1.165) is 6.54 Å². The van der Waals surface area contributed by atoms with Gasteiger partial charge in [-0.3, -0.25) is 0 Å². The van der Waals surface area contributed by atoms with Gasteiger partial charge in [-0.05, 0) is 24.7 Å². The first kappa shape index (κ1) is 11.2. The van der Waals surface area contributed by atoms with Crippen molar-refractivity contribution in [2.75, 3.05) is 13.1 Å². The van der Waals surface area contributed by atoms with Crippen LogP contribution in [0.2, 0.25) is 0 Å². The summed E-state index contributed by atoms with van der Waals surface area (Å²) in [5.41, 5.74) is 0.727. The van der Waals surface area contributed by atoms with Crippen molar-refractivity contribution in [1.29, 1.82) is 0 Å². The molecule has 0 bridgehead atoms. The largest absolute Gasteiger partial charge is 0.478 e. The first-order valence-corrected chi connectivity index (χ1v) is 5.21. The summed E-state index contributed by atoms with van der Waals surface area (Å²) in [4.78, 5) is 10.5. The van der Waals surface area contributed by atoms with Crippen LogP contribution in [0.5, 0.6) is 0 Å². The molecule has 0 heterocycles. The van der Waals surface area contributed by atoms with Crippen LogP contribution in [-0.2, 0) is 4.79 Å². The first-order valence-electron chi connectivity index (χ1n) is 5.21. The number of hydrogen-bond donors (Lipinski definition) is 2. The fourth-order valence-electron chi connectivity index (χ4n) is 1.78. The van der Waals surface area contributed by atoms with Crippen LogP contribution in [0.15, 0.2) is 12.2 Å². The van der Waals surface area contributed by atoms with Gasteiger partial charge in [0.25, 0.3) is 0 Å². The minimum atomic E-state index is -0.905.